The molecule has 498 valence electrons. The SMILES string of the molecule is CC[C@H](C)[C@@H]([C@@H](CC(=O)N1CCC[C@H]1[C@H](OC)[C@@H](C)C(=O)N[C@@H](Cc1ccccc1)C(=O)O)OC)N(C)C(=O)[C@@H](NC(=O)[C@H](C(C)C)N(C)C(=O)CCc1ccc(NC(=O)[C@H](CCCNC(N)=O)NC(=O)[C@@H](NC(=O)CCCCCN)C(C)C)cc1)C(C)C. The third-order valence-corrected chi connectivity index (χ3v) is 16.9. The van der Waals surface area contributed by atoms with Gasteiger partial charge in [0.2, 0.25) is 47.3 Å². The lowest BCUT2D eigenvalue weighted by atomic mass is 9.89. The van der Waals surface area contributed by atoms with Gasteiger partial charge in [-0.3, -0.25) is 38.4 Å². The van der Waals surface area contributed by atoms with E-state index < -0.39 is 108 Å². The molecule has 1 aliphatic heterocycles. The Hall–Kier alpha value is -7.18. The van der Waals surface area contributed by atoms with Gasteiger partial charge in [-0.25, -0.2) is 9.59 Å². The molecule has 11 N–H and O–H groups in total. The predicted octanol–water partition coefficient (Wildman–Crippen LogP) is 4.51. The zero-order valence-electron chi connectivity index (χ0n) is 54.9. The van der Waals surface area contributed by atoms with Gasteiger partial charge in [0.05, 0.1) is 36.6 Å². The maximum Gasteiger partial charge on any atom is 0.326 e. The van der Waals surface area contributed by atoms with Crippen LogP contribution >= 0.6 is 0 Å². The lowest BCUT2D eigenvalue weighted by Crippen LogP contribution is -2.60. The quantitative estimate of drug-likeness (QED) is 0.0416. The zero-order chi connectivity index (χ0) is 66.7. The van der Waals surface area contributed by atoms with Crippen LogP contribution in [0.5, 0.6) is 0 Å². The van der Waals surface area contributed by atoms with E-state index in [1.165, 1.54) is 19.1 Å². The third kappa shape index (κ3) is 23.9. The summed E-state index contributed by atoms with van der Waals surface area (Å²) >= 11 is 0. The number of ether oxygens (including phenoxy) is 2. The first kappa shape index (κ1) is 76.1. The van der Waals surface area contributed by atoms with Crippen LogP contribution < -0.4 is 43.4 Å². The number of hydrogen-bond acceptors (Lipinski definition) is 13. The van der Waals surface area contributed by atoms with Crippen LogP contribution in [-0.4, -0.2) is 182 Å². The number of methoxy groups -OCH3 is 2. The second-order valence-corrected chi connectivity index (χ2v) is 24.7. The summed E-state index contributed by atoms with van der Waals surface area (Å²) in [7, 11) is 6.15. The number of carboxylic acid groups (broad SMARTS) is 1. The van der Waals surface area contributed by atoms with E-state index in [2.05, 4.69) is 31.9 Å². The largest absolute Gasteiger partial charge is 0.480 e. The number of anilines is 1. The van der Waals surface area contributed by atoms with E-state index in [1.807, 2.05) is 47.6 Å². The number of amides is 10. The number of carbonyl (C=O) groups excluding carboxylic acids is 9. The summed E-state index contributed by atoms with van der Waals surface area (Å²) in [6, 6.07) is 8.86. The molecule has 11 atom stereocenters. The monoisotopic (exact) mass is 1250 g/mol. The standard InChI is InChI=1S/C65H105N11O13/c1-14-42(8)57(50(88-12)38-53(79)76-36-22-26-49(76)58(89-13)43(9)59(80)71-48(64(85)86)37-45-23-17-15-18-24-45)75(11)63(84)55(40(4)5)73-62(83)56(41(6)7)74(10)52(78)33-30-44-28-31-46(32-29-44)69-60(81)47(25-21-35-68-65(67)87)70-61(82)54(39(2)3)72-51(77)27-19-16-20-34-66/h15,17-18,23-24,28-29,31-32,39-43,47-50,54-58H,14,16,19-22,25-27,30,33-38,66H2,1-13H3,(H,69,81)(H,70,82)(H,71,80)(H,72,77)(H,73,83)(H,85,86)(H3,67,68,87)/t42-,43+,47-,48-,49-,50+,54-,55-,56-,57-,58+/m0/s1. The molecule has 0 radical (unpaired) electrons. The fourth-order valence-electron chi connectivity index (χ4n) is 11.6. The highest BCUT2D eigenvalue weighted by molar-refractivity contribution is 5.98. The number of likely N-dealkylation sites (tertiary alicyclic amines) is 1. The molecule has 0 spiro atoms. The molecule has 2 aromatic carbocycles. The average molecular weight is 1250 g/mol. The predicted molar refractivity (Wildman–Crippen MR) is 340 cm³/mol. The molecule has 1 aliphatic rings. The van der Waals surface area contributed by atoms with Crippen LogP contribution in [0.4, 0.5) is 10.5 Å². The zero-order valence-corrected chi connectivity index (χ0v) is 54.9. The highest BCUT2D eigenvalue weighted by Gasteiger charge is 2.44. The second-order valence-electron chi connectivity index (χ2n) is 24.7. The van der Waals surface area contributed by atoms with Crippen molar-refractivity contribution in [2.75, 3.05) is 53.3 Å². The van der Waals surface area contributed by atoms with Gasteiger partial charge in [-0.15, -0.1) is 0 Å². The van der Waals surface area contributed by atoms with Gasteiger partial charge < -0.3 is 72.6 Å². The minimum absolute atomic E-state index is 0.0253. The smallest absolute Gasteiger partial charge is 0.326 e. The number of benzene rings is 2. The number of nitrogens with two attached hydrogens (primary N) is 2. The van der Waals surface area contributed by atoms with Gasteiger partial charge in [-0.2, -0.15) is 0 Å². The molecule has 0 aromatic heterocycles. The van der Waals surface area contributed by atoms with E-state index in [0.717, 1.165) is 24.0 Å². The van der Waals surface area contributed by atoms with Crippen LogP contribution in [0.3, 0.4) is 0 Å². The number of nitrogens with zero attached hydrogens (tertiary/aromatic N) is 3. The number of carbonyl (C=O) groups is 10. The van der Waals surface area contributed by atoms with Crippen molar-refractivity contribution < 1.29 is 62.5 Å². The van der Waals surface area contributed by atoms with Gasteiger partial charge in [0.15, 0.2) is 0 Å². The Morgan fingerprint density at radius 3 is 1.90 bits per heavy atom. The van der Waals surface area contributed by atoms with Gasteiger partial charge in [-0.05, 0) is 98.4 Å². The molecule has 0 aliphatic carbocycles. The molecule has 10 amide bonds. The summed E-state index contributed by atoms with van der Waals surface area (Å²) in [6.07, 6.45) is 3.40. The molecule has 1 fully saturated rings. The normalized spacial score (nSPS) is 16.6. The minimum atomic E-state index is -1.18. The van der Waals surface area contributed by atoms with Crippen molar-refractivity contribution in [1.82, 2.24) is 41.3 Å². The number of aryl methyl sites for hydroxylation is 1. The summed E-state index contributed by atoms with van der Waals surface area (Å²) in [4.78, 5) is 140. The molecule has 0 unspecified atom stereocenters. The molecule has 3 rings (SSSR count). The van der Waals surface area contributed by atoms with Crippen molar-refractivity contribution in [3.8, 4) is 0 Å². The number of hydrogen-bond donors (Lipinski definition) is 9. The fraction of sp³-hybridized carbons (Fsp3) is 0.662. The van der Waals surface area contributed by atoms with Crippen molar-refractivity contribution in [3.05, 3.63) is 65.7 Å². The van der Waals surface area contributed by atoms with E-state index in [9.17, 15) is 53.1 Å². The van der Waals surface area contributed by atoms with Gasteiger partial charge in [0, 0.05) is 66.4 Å². The molecule has 24 nitrogen and oxygen atoms in total. The van der Waals surface area contributed by atoms with Crippen molar-refractivity contribution in [3.63, 3.8) is 0 Å². The molecule has 1 heterocycles. The summed E-state index contributed by atoms with van der Waals surface area (Å²) in [5, 5.41) is 26.6. The van der Waals surface area contributed by atoms with Crippen molar-refractivity contribution in [2.45, 2.75) is 200 Å². The van der Waals surface area contributed by atoms with Crippen LogP contribution in [0.1, 0.15) is 144 Å². The Labute approximate surface area is 527 Å². The van der Waals surface area contributed by atoms with Crippen LogP contribution in [0, 0.1) is 29.6 Å². The van der Waals surface area contributed by atoms with Gasteiger partial charge >= 0.3 is 12.0 Å². The van der Waals surface area contributed by atoms with Crippen molar-refractivity contribution in [1.29, 1.82) is 0 Å². The first-order valence-corrected chi connectivity index (χ1v) is 31.6. The number of primary amides is 1. The average Bonchev–Trinajstić information content (AvgIpc) is 2.09. The maximum atomic E-state index is 14.8. The Bertz CT molecular complexity index is 2610. The summed E-state index contributed by atoms with van der Waals surface area (Å²) in [6.45, 7) is 17.5. The number of urea groups is 1. The van der Waals surface area contributed by atoms with Crippen LogP contribution in [0.15, 0.2) is 54.6 Å². The second kappa shape index (κ2) is 38.4. The first-order valence-electron chi connectivity index (χ1n) is 31.6. The first-order chi connectivity index (χ1) is 42.1. The molecule has 89 heavy (non-hydrogen) atoms. The van der Waals surface area contributed by atoms with E-state index in [4.69, 9.17) is 20.9 Å². The van der Waals surface area contributed by atoms with E-state index >= 15 is 0 Å². The van der Waals surface area contributed by atoms with Gasteiger partial charge in [0.1, 0.15) is 30.2 Å². The van der Waals surface area contributed by atoms with E-state index in [1.54, 1.807) is 93.2 Å². The van der Waals surface area contributed by atoms with Gasteiger partial charge in [0.25, 0.3) is 0 Å². The number of carboxylic acids is 1. The fourth-order valence-corrected chi connectivity index (χ4v) is 11.6. The van der Waals surface area contributed by atoms with Crippen LogP contribution in [0.2, 0.25) is 0 Å². The minimum Gasteiger partial charge on any atom is -0.480 e. The molecule has 0 bridgehead atoms. The van der Waals surface area contributed by atoms with Crippen molar-refractivity contribution >= 4 is 64.9 Å². The lowest BCUT2D eigenvalue weighted by molar-refractivity contribution is -0.149. The third-order valence-electron chi connectivity index (χ3n) is 16.9. The molecule has 2 aromatic rings. The topological polar surface area (TPSA) is 343 Å². The molecular formula is C65H105N11O13. The summed E-state index contributed by atoms with van der Waals surface area (Å²) in [5.41, 5.74) is 12.7. The Balaban J connectivity index is 1.71. The Morgan fingerprint density at radius 1 is 0.697 bits per heavy atom. The molecule has 0 saturated carbocycles. The van der Waals surface area contributed by atoms with Crippen LogP contribution in [-0.2, 0) is 65.5 Å². The molecule has 1 saturated heterocycles. The highest BCUT2D eigenvalue weighted by Crippen LogP contribution is 2.30. The lowest BCUT2D eigenvalue weighted by Gasteiger charge is -2.41. The Morgan fingerprint density at radius 2 is 1.34 bits per heavy atom. The number of rotatable bonds is 39. The molecule has 24 heteroatoms. The van der Waals surface area contributed by atoms with Crippen molar-refractivity contribution in [2.24, 2.45) is 41.1 Å². The highest BCUT2D eigenvalue weighted by atomic mass is 16.5. The maximum absolute atomic E-state index is 14.8. The van der Waals surface area contributed by atoms with Gasteiger partial charge in [-0.1, -0.05) is 118 Å². The summed E-state index contributed by atoms with van der Waals surface area (Å²) in [5.74, 6) is -6.60. The number of aliphatic carboxylic acids is 1. The summed E-state index contributed by atoms with van der Waals surface area (Å²) < 4.78 is 12.0. The molecular weight excluding hydrogens is 1140 g/mol. The van der Waals surface area contributed by atoms with E-state index in [0.29, 0.717) is 50.9 Å². The van der Waals surface area contributed by atoms with Crippen LogP contribution in [0.25, 0.3) is 0 Å². The number of likely N-dealkylation sites (N-methyl/N-ethyl adjacent to an activating group) is 2. The Kier molecular flexibility index (Phi) is 32.8. The number of nitrogens with one attached hydrogen (secondary N) is 6. The number of unbranched alkanes of at least 4 members (excludes halogenated alkanes) is 2. The van der Waals surface area contributed by atoms with E-state index in [-0.39, 0.29) is 80.5 Å².